The number of fused-ring (bicyclic) bond motifs is 1. The van der Waals surface area contributed by atoms with E-state index in [2.05, 4.69) is 63.2 Å². The minimum Gasteiger partial charge on any atom is -0.265 e. The second-order valence-corrected chi connectivity index (χ2v) is 10.7. The van der Waals surface area contributed by atoms with Crippen LogP contribution >= 0.6 is 0 Å². The predicted octanol–water partition coefficient (Wildman–Crippen LogP) is 8.06. The van der Waals surface area contributed by atoms with Crippen molar-refractivity contribution in [1.29, 1.82) is 0 Å². The van der Waals surface area contributed by atoms with Crippen LogP contribution in [0.1, 0.15) is 85.5 Å². The second kappa shape index (κ2) is 8.78. The summed E-state index contributed by atoms with van der Waals surface area (Å²) in [6, 6.07) is 0. The highest BCUT2D eigenvalue weighted by Crippen LogP contribution is 2.66. The molecular weight excluding hydrogens is 350 g/mol. The van der Waals surface area contributed by atoms with Crippen molar-refractivity contribution in [3.05, 3.63) is 47.2 Å². The zero-order chi connectivity index (χ0) is 20.4. The number of aliphatic imine (C=N–C) groups is 1. The third kappa shape index (κ3) is 4.54. The Labute approximate surface area is 179 Å². The van der Waals surface area contributed by atoms with Gasteiger partial charge in [0, 0.05) is 12.4 Å². The van der Waals surface area contributed by atoms with Gasteiger partial charge in [0.2, 0.25) is 0 Å². The first kappa shape index (κ1) is 20.9. The summed E-state index contributed by atoms with van der Waals surface area (Å²) in [5.41, 5.74) is 4.92. The average Bonchev–Trinajstić information content (AvgIpc) is 3.46. The zero-order valence-electron chi connectivity index (χ0n) is 19.2. The summed E-state index contributed by atoms with van der Waals surface area (Å²) in [4.78, 5) is 4.56. The summed E-state index contributed by atoms with van der Waals surface area (Å²) in [5, 5.41) is 0. The van der Waals surface area contributed by atoms with Gasteiger partial charge in [-0.15, -0.1) is 0 Å². The molecular formula is C28H41N. The number of hydrogen-bond acceptors (Lipinski definition) is 1. The maximum Gasteiger partial charge on any atom is 0.0267 e. The molecule has 1 heterocycles. The van der Waals surface area contributed by atoms with Crippen LogP contribution in [0.5, 0.6) is 0 Å². The van der Waals surface area contributed by atoms with Crippen molar-refractivity contribution in [2.45, 2.75) is 85.5 Å². The van der Waals surface area contributed by atoms with Crippen molar-refractivity contribution in [2.24, 2.45) is 40.0 Å². The minimum atomic E-state index is 0.445. The quantitative estimate of drug-likeness (QED) is 0.416. The fraction of sp³-hybridized carbons (Fsp3) is 0.679. The van der Waals surface area contributed by atoms with Crippen LogP contribution in [0.4, 0.5) is 0 Å². The van der Waals surface area contributed by atoms with Gasteiger partial charge in [-0.25, -0.2) is 0 Å². The van der Waals surface area contributed by atoms with E-state index in [0.717, 1.165) is 36.0 Å². The van der Waals surface area contributed by atoms with E-state index in [1.54, 1.807) is 5.57 Å². The molecule has 0 aromatic carbocycles. The molecule has 4 aliphatic rings. The van der Waals surface area contributed by atoms with Crippen molar-refractivity contribution in [1.82, 2.24) is 0 Å². The van der Waals surface area contributed by atoms with Gasteiger partial charge in [-0.1, -0.05) is 56.1 Å². The van der Waals surface area contributed by atoms with Crippen LogP contribution in [0.2, 0.25) is 0 Å². The Morgan fingerprint density at radius 3 is 2.62 bits per heavy atom. The molecule has 0 aromatic rings. The van der Waals surface area contributed by atoms with E-state index < -0.39 is 0 Å². The number of allylic oxidation sites excluding steroid dienone is 7. The van der Waals surface area contributed by atoms with Gasteiger partial charge in [0.25, 0.3) is 0 Å². The van der Waals surface area contributed by atoms with Crippen LogP contribution < -0.4 is 0 Å². The Balaban J connectivity index is 1.50. The number of hydrogen-bond donors (Lipinski definition) is 0. The van der Waals surface area contributed by atoms with Gasteiger partial charge in [0.1, 0.15) is 0 Å². The van der Waals surface area contributed by atoms with Gasteiger partial charge in [-0.2, -0.15) is 0 Å². The van der Waals surface area contributed by atoms with Crippen LogP contribution in [-0.4, -0.2) is 6.21 Å². The third-order valence-corrected chi connectivity index (χ3v) is 8.54. The highest BCUT2D eigenvalue weighted by molar-refractivity contribution is 5.73. The van der Waals surface area contributed by atoms with Crippen LogP contribution in [0.15, 0.2) is 52.2 Å². The van der Waals surface area contributed by atoms with Gasteiger partial charge < -0.3 is 0 Å². The maximum atomic E-state index is 4.56. The molecule has 3 unspecified atom stereocenters. The number of rotatable bonds is 7. The molecule has 0 spiro atoms. The lowest BCUT2D eigenvalue weighted by molar-refractivity contribution is 0.130. The molecule has 158 valence electrons. The van der Waals surface area contributed by atoms with E-state index in [1.165, 1.54) is 62.5 Å². The van der Waals surface area contributed by atoms with Crippen molar-refractivity contribution >= 4 is 6.21 Å². The summed E-state index contributed by atoms with van der Waals surface area (Å²) in [6.07, 6.45) is 26.2. The monoisotopic (exact) mass is 391 g/mol. The number of nitrogens with zero attached hydrogens (tertiary/aromatic N) is 1. The molecule has 0 aromatic heterocycles. The van der Waals surface area contributed by atoms with Crippen LogP contribution in [-0.2, 0) is 0 Å². The van der Waals surface area contributed by atoms with Crippen molar-refractivity contribution < 1.29 is 0 Å². The van der Waals surface area contributed by atoms with E-state index in [-0.39, 0.29) is 0 Å². The molecule has 4 rings (SSSR count). The molecule has 1 heteroatoms. The molecule has 29 heavy (non-hydrogen) atoms. The van der Waals surface area contributed by atoms with Gasteiger partial charge >= 0.3 is 0 Å². The first-order chi connectivity index (χ1) is 14.0. The Morgan fingerprint density at radius 1 is 1.14 bits per heavy atom. The fourth-order valence-corrected chi connectivity index (χ4v) is 6.73. The summed E-state index contributed by atoms with van der Waals surface area (Å²) >= 11 is 0. The van der Waals surface area contributed by atoms with Gasteiger partial charge in [0.15, 0.2) is 0 Å². The first-order valence-electron chi connectivity index (χ1n) is 12.3. The van der Waals surface area contributed by atoms with E-state index in [0.29, 0.717) is 5.41 Å². The van der Waals surface area contributed by atoms with E-state index >= 15 is 0 Å². The van der Waals surface area contributed by atoms with E-state index in [9.17, 15) is 0 Å². The minimum absolute atomic E-state index is 0.445. The van der Waals surface area contributed by atoms with Crippen LogP contribution in [0, 0.1) is 35.0 Å². The van der Waals surface area contributed by atoms with E-state index in [4.69, 9.17) is 0 Å². The topological polar surface area (TPSA) is 12.4 Å². The van der Waals surface area contributed by atoms with Gasteiger partial charge in [-0.05, 0) is 105 Å². The lowest BCUT2D eigenvalue weighted by Crippen LogP contribution is -2.31. The Kier molecular flexibility index (Phi) is 6.32. The Morgan fingerprint density at radius 2 is 1.90 bits per heavy atom. The molecule has 0 radical (unpaired) electrons. The molecule has 4 atom stereocenters. The Bertz CT molecular complexity index is 740. The molecule has 1 nitrogen and oxygen atoms in total. The highest BCUT2D eigenvalue weighted by Gasteiger charge is 2.58. The molecule has 0 saturated heterocycles. The van der Waals surface area contributed by atoms with Crippen molar-refractivity contribution in [3.8, 4) is 0 Å². The normalized spacial score (nSPS) is 35.7. The Hall–Kier alpha value is -1.37. The molecule has 3 aliphatic carbocycles. The van der Waals surface area contributed by atoms with E-state index in [1.807, 2.05) is 6.21 Å². The summed E-state index contributed by atoms with van der Waals surface area (Å²) in [7, 11) is 0. The molecule has 2 fully saturated rings. The first-order valence-corrected chi connectivity index (χ1v) is 12.3. The second-order valence-electron chi connectivity index (χ2n) is 10.7. The van der Waals surface area contributed by atoms with Gasteiger partial charge in [-0.3, -0.25) is 4.99 Å². The molecule has 0 amide bonds. The highest BCUT2D eigenvalue weighted by atomic mass is 14.7. The average molecular weight is 392 g/mol. The summed E-state index contributed by atoms with van der Waals surface area (Å²) in [5.74, 6) is 4.36. The lowest BCUT2D eigenvalue weighted by atomic mass is 9.65. The lowest BCUT2D eigenvalue weighted by Gasteiger charge is -2.40. The van der Waals surface area contributed by atoms with Crippen LogP contribution in [0.3, 0.4) is 0 Å². The smallest absolute Gasteiger partial charge is 0.0267 e. The standard InChI is InChI=1S/C28H41N/c1-5-6-22(4)24-7-9-25(10-8-24)27(17-23-15-21(3)12-14-29-19-23)28-13-11-20(2)16-26(28)18-28/h11-14,16,19,22,24-27H,5-10,15,17-18H2,1-4H3/t22-,24?,25?,26?,27?,28?/m1/s1. The molecule has 2 saturated carbocycles. The van der Waals surface area contributed by atoms with Crippen molar-refractivity contribution in [3.63, 3.8) is 0 Å². The largest absolute Gasteiger partial charge is 0.265 e. The molecule has 1 aliphatic heterocycles. The fourth-order valence-electron chi connectivity index (χ4n) is 6.73. The van der Waals surface area contributed by atoms with Gasteiger partial charge in [0.05, 0.1) is 0 Å². The van der Waals surface area contributed by atoms with Crippen molar-refractivity contribution in [2.75, 3.05) is 0 Å². The third-order valence-electron chi connectivity index (χ3n) is 8.54. The van der Waals surface area contributed by atoms with Crippen LogP contribution in [0.25, 0.3) is 0 Å². The molecule has 0 N–H and O–H groups in total. The zero-order valence-corrected chi connectivity index (χ0v) is 19.2. The summed E-state index contributed by atoms with van der Waals surface area (Å²) in [6.45, 7) is 9.37. The maximum absolute atomic E-state index is 4.56. The molecule has 0 bridgehead atoms. The summed E-state index contributed by atoms with van der Waals surface area (Å²) < 4.78 is 0. The SMILES string of the molecule is CCC[C@@H](C)C1CCC(C(CC2=CN=CC=C(C)C2)C23C=CC(C)=CC2C3)CC1. The predicted molar refractivity (Wildman–Crippen MR) is 126 cm³/mol.